The van der Waals surface area contributed by atoms with Gasteiger partial charge < -0.3 is 0 Å². The first-order valence-electron chi connectivity index (χ1n) is 0.896. The van der Waals surface area contributed by atoms with E-state index in [1.54, 1.807) is 0 Å². The second kappa shape index (κ2) is 2.82. The Hall–Kier alpha value is 0.720. The molecule has 0 rings (SSSR count). The molecule has 0 saturated heterocycles. The lowest BCUT2D eigenvalue weighted by Gasteiger charge is -1.65. The smallest absolute Gasteiger partial charge is 0.213 e. The molecule has 0 unspecified atom stereocenters. The lowest BCUT2D eigenvalue weighted by atomic mass is 12.0. The normalized spacial score (nSPS) is 9.67. The molecular weight excluding hydrogens is 191 g/mol. The molecule has 0 aromatic rings. The average Bonchev–Trinajstić information content (AvgIpc) is 0.722. The molecule has 0 amide bonds. The Morgan fingerprint density at radius 2 is 1.50 bits per heavy atom. The fourth-order valence-electron chi connectivity index (χ4n) is 0. The fourth-order valence-corrected chi connectivity index (χ4v) is 0. The van der Waals surface area contributed by atoms with Crippen LogP contribution in [0, 0.1) is 0 Å². The van der Waals surface area contributed by atoms with Crippen LogP contribution in [-0.4, -0.2) is 14.7 Å². The summed E-state index contributed by atoms with van der Waals surface area (Å²) in [6.07, 6.45) is 0.925. The minimum Gasteiger partial charge on any atom is -0.213 e. The molecular formula is CH4BrClO2S. The number of hydrogen-bond acceptors (Lipinski definition) is 2. The van der Waals surface area contributed by atoms with Crippen LogP contribution >= 0.6 is 27.7 Å². The molecule has 2 nitrogen and oxygen atoms in total. The Morgan fingerprint density at radius 1 is 1.50 bits per heavy atom. The highest BCUT2D eigenvalue weighted by atomic mass is 79.9. The summed E-state index contributed by atoms with van der Waals surface area (Å²) < 4.78 is 18.8. The molecule has 0 atom stereocenters. The molecule has 0 aliphatic carbocycles. The molecule has 0 N–H and O–H groups in total. The van der Waals surface area contributed by atoms with Gasteiger partial charge in [0.2, 0.25) is 9.05 Å². The Kier molecular flexibility index (Phi) is 4.64. The molecule has 0 aromatic heterocycles. The summed E-state index contributed by atoms with van der Waals surface area (Å²) in [4.78, 5) is 0. The van der Waals surface area contributed by atoms with E-state index in [0.29, 0.717) is 0 Å². The molecule has 0 aromatic carbocycles. The van der Waals surface area contributed by atoms with Crippen molar-refractivity contribution >= 4 is 36.7 Å². The van der Waals surface area contributed by atoms with Crippen LogP contribution < -0.4 is 0 Å². The van der Waals surface area contributed by atoms with Crippen LogP contribution in [0.1, 0.15) is 0 Å². The van der Waals surface area contributed by atoms with E-state index in [1.807, 2.05) is 0 Å². The van der Waals surface area contributed by atoms with Crippen LogP contribution in [0.4, 0.5) is 0 Å². The standard InChI is InChI=1S/CH3ClO2S.BrH/c1-5(2,3)4;/h1H3;1H. The maximum atomic E-state index is 9.40. The van der Waals surface area contributed by atoms with E-state index in [4.69, 9.17) is 0 Å². The zero-order valence-corrected chi connectivity index (χ0v) is 6.30. The molecule has 0 bridgehead atoms. The molecule has 5 heteroatoms. The van der Waals surface area contributed by atoms with Crippen LogP contribution in [0.15, 0.2) is 0 Å². The monoisotopic (exact) mass is 194 g/mol. The first-order valence-corrected chi connectivity index (χ1v) is 3.61. The van der Waals surface area contributed by atoms with Crippen LogP contribution in [0.2, 0.25) is 0 Å². The number of rotatable bonds is 0. The van der Waals surface area contributed by atoms with Gasteiger partial charge in [0.1, 0.15) is 0 Å². The minimum atomic E-state index is -3.19. The van der Waals surface area contributed by atoms with Gasteiger partial charge in [0.25, 0.3) is 0 Å². The van der Waals surface area contributed by atoms with Crippen molar-refractivity contribution in [1.29, 1.82) is 0 Å². The van der Waals surface area contributed by atoms with Gasteiger partial charge in [-0.25, -0.2) is 8.42 Å². The van der Waals surface area contributed by atoms with Crippen LogP contribution in [-0.2, 0) is 9.05 Å². The molecule has 0 spiro atoms. The van der Waals surface area contributed by atoms with Gasteiger partial charge in [-0.3, -0.25) is 0 Å². The lowest BCUT2D eigenvalue weighted by molar-refractivity contribution is 0.615. The van der Waals surface area contributed by atoms with Crippen LogP contribution in [0.3, 0.4) is 0 Å². The van der Waals surface area contributed by atoms with Crippen LogP contribution in [0.25, 0.3) is 0 Å². The Balaban J connectivity index is 0. The third-order valence-electron chi connectivity index (χ3n) is 0. The summed E-state index contributed by atoms with van der Waals surface area (Å²) in [6.45, 7) is 0. The Bertz CT molecular complexity index is 96.7. The summed E-state index contributed by atoms with van der Waals surface area (Å²) in [5.74, 6) is 0. The molecule has 0 fully saturated rings. The highest BCUT2D eigenvalue weighted by Gasteiger charge is 1.83. The van der Waals surface area contributed by atoms with E-state index in [0.717, 1.165) is 6.26 Å². The van der Waals surface area contributed by atoms with Crippen LogP contribution in [0.5, 0.6) is 0 Å². The Labute approximate surface area is 51.7 Å². The quantitative estimate of drug-likeness (QED) is 0.535. The van der Waals surface area contributed by atoms with Gasteiger partial charge in [-0.1, -0.05) is 0 Å². The lowest BCUT2D eigenvalue weighted by Crippen LogP contribution is -1.76. The van der Waals surface area contributed by atoms with Crippen molar-refractivity contribution in [3.63, 3.8) is 0 Å². The van der Waals surface area contributed by atoms with Gasteiger partial charge in [0.05, 0.1) is 6.26 Å². The number of halogens is 2. The van der Waals surface area contributed by atoms with Gasteiger partial charge >= 0.3 is 0 Å². The maximum Gasteiger partial charge on any atom is 0.229 e. The van der Waals surface area contributed by atoms with Gasteiger partial charge in [-0.2, -0.15) is 0 Å². The Morgan fingerprint density at radius 3 is 1.50 bits per heavy atom. The van der Waals surface area contributed by atoms with Gasteiger partial charge in [0.15, 0.2) is 0 Å². The average molecular weight is 195 g/mol. The SMILES string of the molecule is Br.CS(=O)(=O)Cl. The number of hydrogen-bond donors (Lipinski definition) is 0. The predicted molar refractivity (Wildman–Crippen MR) is 31.0 cm³/mol. The molecule has 0 saturated carbocycles. The first-order chi connectivity index (χ1) is 2.00. The second-order valence-electron chi connectivity index (χ2n) is 0.682. The van der Waals surface area contributed by atoms with E-state index in [2.05, 4.69) is 10.7 Å². The highest BCUT2D eigenvalue weighted by Crippen LogP contribution is 1.83. The van der Waals surface area contributed by atoms with Crippen molar-refractivity contribution in [1.82, 2.24) is 0 Å². The molecule has 6 heavy (non-hydrogen) atoms. The summed E-state index contributed by atoms with van der Waals surface area (Å²) in [6, 6.07) is 0. The van der Waals surface area contributed by atoms with Crippen molar-refractivity contribution in [3.05, 3.63) is 0 Å². The minimum absolute atomic E-state index is 0. The summed E-state index contributed by atoms with van der Waals surface area (Å²) in [5.41, 5.74) is 0. The zero-order chi connectivity index (χ0) is 4.50. The van der Waals surface area contributed by atoms with E-state index in [-0.39, 0.29) is 17.0 Å². The van der Waals surface area contributed by atoms with Crippen molar-refractivity contribution in [3.8, 4) is 0 Å². The molecule has 0 radical (unpaired) electrons. The third kappa shape index (κ3) is 126. The van der Waals surface area contributed by atoms with E-state index in [1.165, 1.54) is 0 Å². The maximum absolute atomic E-state index is 9.40. The zero-order valence-electron chi connectivity index (χ0n) is 3.01. The van der Waals surface area contributed by atoms with Gasteiger partial charge in [0, 0.05) is 10.7 Å². The molecule has 0 aliphatic rings. The first kappa shape index (κ1) is 9.87. The summed E-state index contributed by atoms with van der Waals surface area (Å²) in [5, 5.41) is 0. The largest absolute Gasteiger partial charge is 0.229 e. The van der Waals surface area contributed by atoms with Crippen molar-refractivity contribution in [2.75, 3.05) is 6.26 Å². The fraction of sp³-hybridized carbons (Fsp3) is 1.00. The third-order valence-corrected chi connectivity index (χ3v) is 0. The topological polar surface area (TPSA) is 34.1 Å². The molecule has 0 heterocycles. The van der Waals surface area contributed by atoms with E-state index >= 15 is 0 Å². The van der Waals surface area contributed by atoms with Crippen molar-refractivity contribution in [2.45, 2.75) is 0 Å². The molecule has 40 valence electrons. The van der Waals surface area contributed by atoms with Crippen molar-refractivity contribution in [2.24, 2.45) is 0 Å². The van der Waals surface area contributed by atoms with E-state index < -0.39 is 9.05 Å². The van der Waals surface area contributed by atoms with Crippen molar-refractivity contribution < 1.29 is 8.42 Å². The van der Waals surface area contributed by atoms with Gasteiger partial charge in [-0.05, 0) is 0 Å². The highest BCUT2D eigenvalue weighted by molar-refractivity contribution is 8.93. The van der Waals surface area contributed by atoms with Gasteiger partial charge in [-0.15, -0.1) is 17.0 Å². The molecule has 0 aliphatic heterocycles. The summed E-state index contributed by atoms with van der Waals surface area (Å²) >= 11 is 0. The predicted octanol–water partition coefficient (Wildman–Crippen LogP) is 0.763. The van der Waals surface area contributed by atoms with E-state index in [9.17, 15) is 8.42 Å². The summed E-state index contributed by atoms with van der Waals surface area (Å²) in [7, 11) is 1.31. The second-order valence-corrected chi connectivity index (χ2v) is 3.73.